The second-order valence-electron chi connectivity index (χ2n) is 2.82. The first-order chi connectivity index (χ1) is 5.16. The van der Waals surface area contributed by atoms with Gasteiger partial charge in [-0.3, -0.25) is 14.6 Å². The Balaban J connectivity index is 3.09. The van der Waals surface area contributed by atoms with E-state index in [0.29, 0.717) is 0 Å². The molecule has 0 radical (unpaired) electrons. The molecule has 3 heteroatoms. The molecule has 1 heterocycles. The molecular weight excluding hydrogens is 140 g/mol. The molecule has 0 unspecified atom stereocenters. The largest absolute Gasteiger partial charge is 0.300 e. The second kappa shape index (κ2) is 2.95. The van der Waals surface area contributed by atoms with Crippen LogP contribution in [0, 0.1) is 13.8 Å². The topological polar surface area (TPSA) is 37.8 Å². The Hall–Kier alpha value is -0.990. The zero-order chi connectivity index (χ0) is 8.43. The molecule has 0 aliphatic heterocycles. The van der Waals surface area contributed by atoms with Crippen LogP contribution in [-0.4, -0.2) is 9.78 Å². The Kier molecular flexibility index (Phi) is 2.17. The van der Waals surface area contributed by atoms with Gasteiger partial charge in [-0.1, -0.05) is 6.92 Å². The van der Waals surface area contributed by atoms with E-state index in [9.17, 15) is 4.79 Å². The van der Waals surface area contributed by atoms with Crippen LogP contribution in [0.5, 0.6) is 0 Å². The van der Waals surface area contributed by atoms with Crippen LogP contribution in [0.1, 0.15) is 24.6 Å². The molecule has 0 aromatic carbocycles. The van der Waals surface area contributed by atoms with Crippen molar-refractivity contribution in [1.82, 2.24) is 9.78 Å². The van der Waals surface area contributed by atoms with Gasteiger partial charge in [-0.15, -0.1) is 0 Å². The van der Waals surface area contributed by atoms with Crippen LogP contribution in [0.25, 0.3) is 0 Å². The zero-order valence-electron chi connectivity index (χ0n) is 7.27. The number of nitrogens with zero attached hydrogens (tertiary/aromatic N) is 1. The van der Waals surface area contributed by atoms with Crippen molar-refractivity contribution in [2.45, 2.75) is 33.7 Å². The van der Waals surface area contributed by atoms with E-state index in [1.54, 1.807) is 4.68 Å². The fourth-order valence-electron chi connectivity index (χ4n) is 1.08. The smallest absolute Gasteiger partial charge is 0.269 e. The predicted molar refractivity (Wildman–Crippen MR) is 44.8 cm³/mol. The maximum Gasteiger partial charge on any atom is 0.269 e. The maximum atomic E-state index is 11.3. The third kappa shape index (κ3) is 1.37. The minimum absolute atomic E-state index is 0.115. The summed E-state index contributed by atoms with van der Waals surface area (Å²) in [4.78, 5) is 11.3. The molecule has 1 rings (SSSR count). The summed E-state index contributed by atoms with van der Waals surface area (Å²) in [5.74, 6) is 0. The summed E-state index contributed by atoms with van der Waals surface area (Å²) in [6.07, 6.45) is 0.985. The fraction of sp³-hybridized carbons (Fsp3) is 0.625. The number of aryl methyl sites for hydroxylation is 2. The average molecular weight is 154 g/mol. The Morgan fingerprint density at radius 1 is 1.45 bits per heavy atom. The van der Waals surface area contributed by atoms with E-state index < -0.39 is 0 Å². The minimum atomic E-state index is 0.115. The highest BCUT2D eigenvalue weighted by molar-refractivity contribution is 5.12. The molecule has 0 amide bonds. The molecule has 0 atom stereocenters. The maximum absolute atomic E-state index is 11.3. The van der Waals surface area contributed by atoms with Gasteiger partial charge < -0.3 is 0 Å². The first-order valence-corrected chi connectivity index (χ1v) is 3.92. The molecular formula is C8H14N2O. The van der Waals surface area contributed by atoms with Gasteiger partial charge in [0.25, 0.3) is 5.56 Å². The van der Waals surface area contributed by atoms with Gasteiger partial charge in [-0.05, 0) is 20.3 Å². The van der Waals surface area contributed by atoms with Crippen molar-refractivity contribution in [2.24, 2.45) is 0 Å². The van der Waals surface area contributed by atoms with Crippen molar-refractivity contribution in [3.8, 4) is 0 Å². The van der Waals surface area contributed by atoms with Crippen LogP contribution >= 0.6 is 0 Å². The van der Waals surface area contributed by atoms with Gasteiger partial charge in [0.05, 0.1) is 0 Å². The normalized spacial score (nSPS) is 10.5. The first kappa shape index (κ1) is 8.11. The molecule has 0 saturated heterocycles. The van der Waals surface area contributed by atoms with Crippen molar-refractivity contribution >= 4 is 0 Å². The van der Waals surface area contributed by atoms with Crippen molar-refractivity contribution in [2.75, 3.05) is 0 Å². The predicted octanol–water partition coefficient (Wildman–Crippen LogP) is 1.20. The van der Waals surface area contributed by atoms with E-state index in [1.807, 2.05) is 13.8 Å². The third-order valence-corrected chi connectivity index (χ3v) is 1.88. The number of hydrogen-bond donors (Lipinski definition) is 1. The highest BCUT2D eigenvalue weighted by Gasteiger charge is 2.03. The van der Waals surface area contributed by atoms with Crippen LogP contribution in [0.3, 0.4) is 0 Å². The first-order valence-electron chi connectivity index (χ1n) is 3.92. The fourth-order valence-corrected chi connectivity index (χ4v) is 1.08. The zero-order valence-corrected chi connectivity index (χ0v) is 7.27. The summed E-state index contributed by atoms with van der Waals surface area (Å²) < 4.78 is 1.66. The quantitative estimate of drug-likeness (QED) is 0.683. The van der Waals surface area contributed by atoms with Gasteiger partial charge in [0.1, 0.15) is 0 Å². The number of hydrogen-bond acceptors (Lipinski definition) is 1. The molecule has 1 aromatic heterocycles. The van der Waals surface area contributed by atoms with Gasteiger partial charge in [0.2, 0.25) is 0 Å². The van der Waals surface area contributed by atoms with E-state index in [2.05, 4.69) is 12.0 Å². The highest BCUT2D eigenvalue weighted by Crippen LogP contribution is 1.96. The minimum Gasteiger partial charge on any atom is -0.300 e. The summed E-state index contributed by atoms with van der Waals surface area (Å²) in [6.45, 7) is 6.61. The molecule has 62 valence electrons. The molecule has 0 aliphatic rings. The Morgan fingerprint density at radius 2 is 2.09 bits per heavy atom. The molecule has 1 N–H and O–H groups in total. The van der Waals surface area contributed by atoms with E-state index >= 15 is 0 Å². The lowest BCUT2D eigenvalue weighted by atomic mass is 10.3. The van der Waals surface area contributed by atoms with Crippen LogP contribution in [0.15, 0.2) is 4.79 Å². The standard InChI is InChI=1S/C8H14N2O/c1-4-5-10-8(11)6(2)7(3)9-10/h9H,4-5H2,1-3H3. The molecule has 3 nitrogen and oxygen atoms in total. The monoisotopic (exact) mass is 154 g/mol. The lowest BCUT2D eigenvalue weighted by Gasteiger charge is -1.95. The lowest BCUT2D eigenvalue weighted by Crippen LogP contribution is -2.17. The molecule has 0 aliphatic carbocycles. The van der Waals surface area contributed by atoms with Gasteiger partial charge in [-0.2, -0.15) is 0 Å². The van der Waals surface area contributed by atoms with E-state index in [-0.39, 0.29) is 5.56 Å². The van der Waals surface area contributed by atoms with Crippen molar-refractivity contribution in [3.63, 3.8) is 0 Å². The number of aromatic amines is 1. The van der Waals surface area contributed by atoms with Crippen LogP contribution < -0.4 is 5.56 Å². The van der Waals surface area contributed by atoms with Crippen LogP contribution in [0.2, 0.25) is 0 Å². The molecule has 0 bridgehead atoms. The molecule has 0 spiro atoms. The van der Waals surface area contributed by atoms with Gasteiger partial charge in [0, 0.05) is 17.8 Å². The van der Waals surface area contributed by atoms with E-state index in [0.717, 1.165) is 24.2 Å². The molecule has 1 aromatic rings. The number of rotatable bonds is 2. The summed E-state index contributed by atoms with van der Waals surface area (Å²) in [5.41, 5.74) is 1.92. The van der Waals surface area contributed by atoms with Crippen LogP contribution in [-0.2, 0) is 6.54 Å². The third-order valence-electron chi connectivity index (χ3n) is 1.88. The molecule has 0 fully saturated rings. The summed E-state index contributed by atoms with van der Waals surface area (Å²) in [5, 5.41) is 3.02. The van der Waals surface area contributed by atoms with Gasteiger partial charge in [-0.25, -0.2) is 0 Å². The van der Waals surface area contributed by atoms with E-state index in [1.165, 1.54) is 0 Å². The lowest BCUT2D eigenvalue weighted by molar-refractivity contribution is 0.581. The summed E-state index contributed by atoms with van der Waals surface area (Å²) in [7, 11) is 0. The SMILES string of the molecule is CCCn1[nH]c(C)c(C)c1=O. The Morgan fingerprint density at radius 3 is 2.45 bits per heavy atom. The molecule has 0 saturated carbocycles. The second-order valence-corrected chi connectivity index (χ2v) is 2.82. The van der Waals surface area contributed by atoms with Gasteiger partial charge in [0.15, 0.2) is 0 Å². The average Bonchev–Trinajstić information content (AvgIpc) is 2.19. The highest BCUT2D eigenvalue weighted by atomic mass is 16.1. The van der Waals surface area contributed by atoms with Crippen LogP contribution in [0.4, 0.5) is 0 Å². The summed E-state index contributed by atoms with van der Waals surface area (Å²) >= 11 is 0. The summed E-state index contributed by atoms with van der Waals surface area (Å²) in [6, 6.07) is 0. The van der Waals surface area contributed by atoms with Crippen molar-refractivity contribution < 1.29 is 0 Å². The number of H-pyrrole nitrogens is 1. The Labute approximate surface area is 66.0 Å². The van der Waals surface area contributed by atoms with Crippen molar-refractivity contribution in [1.29, 1.82) is 0 Å². The Bertz CT molecular complexity index is 296. The number of aromatic nitrogens is 2. The number of nitrogens with one attached hydrogen (secondary N) is 1. The van der Waals surface area contributed by atoms with Crippen molar-refractivity contribution in [3.05, 3.63) is 21.6 Å². The molecule has 11 heavy (non-hydrogen) atoms. The van der Waals surface area contributed by atoms with E-state index in [4.69, 9.17) is 0 Å². The van der Waals surface area contributed by atoms with Gasteiger partial charge >= 0.3 is 0 Å².